The molecule has 1 aromatic heterocycles. The van der Waals surface area contributed by atoms with Crippen molar-refractivity contribution in [2.24, 2.45) is 0 Å². The summed E-state index contributed by atoms with van der Waals surface area (Å²) < 4.78 is 5.39. The van der Waals surface area contributed by atoms with Gasteiger partial charge in [0.2, 0.25) is 0 Å². The van der Waals surface area contributed by atoms with Gasteiger partial charge in [0, 0.05) is 18.1 Å². The second-order valence-electron chi connectivity index (χ2n) is 4.28. The van der Waals surface area contributed by atoms with E-state index >= 15 is 0 Å². The maximum Gasteiger partial charge on any atom is 0.251 e. The molecule has 1 heterocycles. The minimum Gasteiger partial charge on any atom is -0.494 e. The molecule has 0 spiro atoms. The highest BCUT2D eigenvalue weighted by Gasteiger charge is 2.04. The lowest BCUT2D eigenvalue weighted by atomic mass is 10.1. The van der Waals surface area contributed by atoms with Gasteiger partial charge in [0.05, 0.1) is 12.3 Å². The number of aromatic amines is 1. The molecule has 0 saturated carbocycles. The van der Waals surface area contributed by atoms with Crippen LogP contribution in [-0.2, 0) is 6.42 Å². The first kappa shape index (κ1) is 13.3. The fourth-order valence-corrected chi connectivity index (χ4v) is 1.90. The van der Waals surface area contributed by atoms with Gasteiger partial charge in [0.15, 0.2) is 0 Å². The molecule has 2 aromatic rings. The SMILES string of the molecule is CCCc1nc(-c2ccc(OCC)cc2)cc(=O)[nH]1. The van der Waals surface area contributed by atoms with Crippen LogP contribution in [0, 0.1) is 0 Å². The number of hydrogen-bond donors (Lipinski definition) is 1. The van der Waals surface area contributed by atoms with Gasteiger partial charge in [-0.3, -0.25) is 4.79 Å². The standard InChI is InChI=1S/C15H18N2O2/c1-3-5-14-16-13(10-15(18)17-14)11-6-8-12(9-7-11)19-4-2/h6-10H,3-5H2,1-2H3,(H,16,17,18). The lowest BCUT2D eigenvalue weighted by Crippen LogP contribution is -2.10. The van der Waals surface area contributed by atoms with Crippen molar-refractivity contribution in [1.29, 1.82) is 0 Å². The molecule has 0 atom stereocenters. The van der Waals surface area contributed by atoms with Gasteiger partial charge in [0.1, 0.15) is 11.6 Å². The number of benzene rings is 1. The minimum absolute atomic E-state index is 0.109. The van der Waals surface area contributed by atoms with Crippen LogP contribution in [0.5, 0.6) is 5.75 Å². The van der Waals surface area contributed by atoms with Gasteiger partial charge in [-0.25, -0.2) is 4.98 Å². The van der Waals surface area contributed by atoms with Crippen molar-refractivity contribution in [3.63, 3.8) is 0 Å². The third kappa shape index (κ3) is 3.44. The topological polar surface area (TPSA) is 55.0 Å². The fourth-order valence-electron chi connectivity index (χ4n) is 1.90. The number of aromatic nitrogens is 2. The molecular weight excluding hydrogens is 240 g/mol. The third-order valence-electron chi connectivity index (χ3n) is 2.74. The molecular formula is C15H18N2O2. The Bertz CT molecular complexity index is 588. The van der Waals surface area contributed by atoms with Crippen molar-refractivity contribution in [1.82, 2.24) is 9.97 Å². The molecule has 0 amide bonds. The number of H-pyrrole nitrogens is 1. The molecule has 100 valence electrons. The van der Waals surface area contributed by atoms with Crippen LogP contribution in [0.25, 0.3) is 11.3 Å². The first-order valence-corrected chi connectivity index (χ1v) is 6.56. The number of ether oxygens (including phenoxy) is 1. The Morgan fingerprint density at radius 2 is 1.95 bits per heavy atom. The van der Waals surface area contributed by atoms with Crippen molar-refractivity contribution >= 4 is 0 Å². The van der Waals surface area contributed by atoms with Crippen LogP contribution >= 0.6 is 0 Å². The first-order valence-electron chi connectivity index (χ1n) is 6.56. The number of nitrogens with one attached hydrogen (secondary N) is 1. The molecule has 1 aromatic carbocycles. The predicted molar refractivity (Wildman–Crippen MR) is 75.5 cm³/mol. The lowest BCUT2D eigenvalue weighted by Gasteiger charge is -2.06. The summed E-state index contributed by atoms with van der Waals surface area (Å²) in [6.07, 6.45) is 1.73. The zero-order chi connectivity index (χ0) is 13.7. The molecule has 0 aliphatic rings. The van der Waals surface area contributed by atoms with Crippen LogP contribution in [0.3, 0.4) is 0 Å². The zero-order valence-electron chi connectivity index (χ0n) is 11.3. The first-order chi connectivity index (χ1) is 9.22. The summed E-state index contributed by atoms with van der Waals surface area (Å²) in [6, 6.07) is 9.14. The maximum absolute atomic E-state index is 11.6. The summed E-state index contributed by atoms with van der Waals surface area (Å²) in [6.45, 7) is 4.65. The molecule has 0 radical (unpaired) electrons. The Kier molecular flexibility index (Phi) is 4.34. The van der Waals surface area contributed by atoms with Crippen LogP contribution in [0.1, 0.15) is 26.1 Å². The highest BCUT2D eigenvalue weighted by molar-refractivity contribution is 5.59. The summed E-state index contributed by atoms with van der Waals surface area (Å²) in [7, 11) is 0. The molecule has 4 heteroatoms. The maximum atomic E-state index is 11.6. The van der Waals surface area contributed by atoms with E-state index in [1.807, 2.05) is 31.2 Å². The molecule has 0 saturated heterocycles. The van der Waals surface area contributed by atoms with Gasteiger partial charge in [-0.2, -0.15) is 0 Å². The average molecular weight is 258 g/mol. The Morgan fingerprint density at radius 1 is 1.21 bits per heavy atom. The Balaban J connectivity index is 2.32. The molecule has 1 N–H and O–H groups in total. The summed E-state index contributed by atoms with van der Waals surface area (Å²) in [4.78, 5) is 18.8. The normalized spacial score (nSPS) is 10.4. The van der Waals surface area contributed by atoms with Gasteiger partial charge < -0.3 is 9.72 Å². The van der Waals surface area contributed by atoms with Crippen molar-refractivity contribution in [2.75, 3.05) is 6.61 Å². The molecule has 0 aliphatic heterocycles. The van der Waals surface area contributed by atoms with E-state index in [0.29, 0.717) is 12.3 Å². The second-order valence-corrected chi connectivity index (χ2v) is 4.28. The van der Waals surface area contributed by atoms with Crippen LogP contribution in [0.15, 0.2) is 35.1 Å². The molecule has 0 unspecified atom stereocenters. The Hall–Kier alpha value is -2.10. The van der Waals surface area contributed by atoms with E-state index in [0.717, 1.165) is 30.0 Å². The highest BCUT2D eigenvalue weighted by atomic mass is 16.5. The van der Waals surface area contributed by atoms with E-state index in [-0.39, 0.29) is 5.56 Å². The molecule has 4 nitrogen and oxygen atoms in total. The monoisotopic (exact) mass is 258 g/mol. The Labute approximate surface area is 112 Å². The van der Waals surface area contributed by atoms with Crippen molar-refractivity contribution in [3.05, 3.63) is 46.5 Å². The summed E-state index contributed by atoms with van der Waals surface area (Å²) in [5.74, 6) is 1.56. The average Bonchev–Trinajstić information content (AvgIpc) is 2.40. The molecule has 2 rings (SSSR count). The van der Waals surface area contributed by atoms with Crippen LogP contribution in [0.4, 0.5) is 0 Å². The highest BCUT2D eigenvalue weighted by Crippen LogP contribution is 2.19. The van der Waals surface area contributed by atoms with Crippen LogP contribution in [0.2, 0.25) is 0 Å². The minimum atomic E-state index is -0.109. The van der Waals surface area contributed by atoms with Crippen LogP contribution in [-0.4, -0.2) is 16.6 Å². The van der Waals surface area contributed by atoms with E-state index in [2.05, 4.69) is 16.9 Å². The second kappa shape index (κ2) is 6.18. The third-order valence-corrected chi connectivity index (χ3v) is 2.74. The Morgan fingerprint density at radius 3 is 2.58 bits per heavy atom. The number of nitrogens with zero attached hydrogens (tertiary/aromatic N) is 1. The van der Waals surface area contributed by atoms with E-state index in [1.54, 1.807) is 0 Å². The van der Waals surface area contributed by atoms with Crippen molar-refractivity contribution in [2.45, 2.75) is 26.7 Å². The smallest absolute Gasteiger partial charge is 0.251 e. The molecule has 19 heavy (non-hydrogen) atoms. The summed E-state index contributed by atoms with van der Waals surface area (Å²) >= 11 is 0. The van der Waals surface area contributed by atoms with Gasteiger partial charge in [-0.1, -0.05) is 6.92 Å². The number of rotatable bonds is 5. The lowest BCUT2D eigenvalue weighted by molar-refractivity contribution is 0.340. The van der Waals surface area contributed by atoms with Crippen LogP contribution < -0.4 is 10.3 Å². The van der Waals surface area contributed by atoms with E-state index in [9.17, 15) is 4.79 Å². The largest absolute Gasteiger partial charge is 0.494 e. The van der Waals surface area contributed by atoms with E-state index in [1.165, 1.54) is 6.07 Å². The fraction of sp³-hybridized carbons (Fsp3) is 0.333. The summed E-state index contributed by atoms with van der Waals surface area (Å²) in [5, 5.41) is 0. The van der Waals surface area contributed by atoms with Gasteiger partial charge >= 0.3 is 0 Å². The quantitative estimate of drug-likeness (QED) is 0.897. The van der Waals surface area contributed by atoms with E-state index < -0.39 is 0 Å². The van der Waals surface area contributed by atoms with E-state index in [4.69, 9.17) is 4.74 Å². The summed E-state index contributed by atoms with van der Waals surface area (Å²) in [5.41, 5.74) is 1.52. The molecule has 0 aliphatic carbocycles. The molecule has 0 bridgehead atoms. The van der Waals surface area contributed by atoms with Crippen molar-refractivity contribution in [3.8, 4) is 17.0 Å². The predicted octanol–water partition coefficient (Wildman–Crippen LogP) is 2.79. The van der Waals surface area contributed by atoms with Gasteiger partial charge in [-0.05, 0) is 37.6 Å². The zero-order valence-corrected chi connectivity index (χ0v) is 11.3. The number of aryl methyl sites for hydroxylation is 1. The van der Waals surface area contributed by atoms with Gasteiger partial charge in [0.25, 0.3) is 5.56 Å². The van der Waals surface area contributed by atoms with Gasteiger partial charge in [-0.15, -0.1) is 0 Å². The number of hydrogen-bond acceptors (Lipinski definition) is 3. The van der Waals surface area contributed by atoms with Crippen molar-refractivity contribution < 1.29 is 4.74 Å². The molecule has 0 fully saturated rings.